The number of carboxylic acid groups (broad SMARTS) is 1. The standard InChI is InChI=1S/C27H25O3P/c28-27(29)20-30-23-18-16-22(17-19-23)21-31(24-10-4-1-5-11-24,25-12-6-2-7-13-25)26-14-8-3-9-15-26/h1-19,31H,20-21H2,(H,28,29). The van der Waals surface area contributed by atoms with Crippen molar-refractivity contribution in [2.75, 3.05) is 6.61 Å². The van der Waals surface area contributed by atoms with Crippen LogP contribution in [-0.2, 0) is 11.0 Å². The van der Waals surface area contributed by atoms with E-state index in [4.69, 9.17) is 9.84 Å². The van der Waals surface area contributed by atoms with E-state index in [-0.39, 0.29) is 6.61 Å². The molecule has 0 unspecified atom stereocenters. The van der Waals surface area contributed by atoms with Gasteiger partial charge in [-0.05, 0) is 0 Å². The van der Waals surface area contributed by atoms with E-state index in [0.717, 1.165) is 6.16 Å². The van der Waals surface area contributed by atoms with Gasteiger partial charge in [0.25, 0.3) is 0 Å². The van der Waals surface area contributed by atoms with E-state index in [1.807, 2.05) is 24.3 Å². The van der Waals surface area contributed by atoms with Crippen molar-refractivity contribution >= 4 is 29.1 Å². The molecule has 4 rings (SSSR count). The van der Waals surface area contributed by atoms with Crippen molar-refractivity contribution in [1.29, 1.82) is 0 Å². The van der Waals surface area contributed by atoms with Gasteiger partial charge in [0.05, 0.1) is 0 Å². The topological polar surface area (TPSA) is 46.5 Å². The summed E-state index contributed by atoms with van der Waals surface area (Å²) in [4.78, 5) is 10.8. The zero-order valence-corrected chi connectivity index (χ0v) is 18.1. The molecule has 0 radical (unpaired) electrons. The zero-order chi connectivity index (χ0) is 21.5. The summed E-state index contributed by atoms with van der Waals surface area (Å²) >= 11 is 0. The SMILES string of the molecule is O=C(O)COc1ccc(C[PH](c2ccccc2)(c2ccccc2)c2ccccc2)cc1. The molecule has 0 saturated carbocycles. The average Bonchev–Trinajstić information content (AvgIpc) is 2.83. The summed E-state index contributed by atoms with van der Waals surface area (Å²) in [6, 6.07) is 40.2. The van der Waals surface area contributed by atoms with E-state index in [1.54, 1.807) is 0 Å². The summed E-state index contributed by atoms with van der Waals surface area (Å²) in [5, 5.41) is 12.9. The second-order valence-corrected chi connectivity index (χ2v) is 11.4. The Morgan fingerprint density at radius 2 is 1.06 bits per heavy atom. The molecule has 0 aromatic heterocycles. The summed E-state index contributed by atoms with van der Waals surface area (Å²) in [6.07, 6.45) is 0.893. The first-order valence-corrected chi connectivity index (χ1v) is 12.5. The molecule has 3 nitrogen and oxygen atoms in total. The number of hydrogen-bond acceptors (Lipinski definition) is 2. The molecule has 0 aliphatic rings. The van der Waals surface area contributed by atoms with Crippen LogP contribution in [0.25, 0.3) is 0 Å². The second-order valence-electron chi connectivity index (χ2n) is 7.51. The Labute approximate surface area is 183 Å². The number of benzene rings is 4. The van der Waals surface area contributed by atoms with Crippen molar-refractivity contribution in [3.8, 4) is 5.75 Å². The average molecular weight is 428 g/mol. The van der Waals surface area contributed by atoms with Crippen molar-refractivity contribution in [3.63, 3.8) is 0 Å². The Balaban J connectivity index is 1.82. The summed E-state index contributed by atoms with van der Waals surface area (Å²) in [6.45, 7) is -0.337. The van der Waals surface area contributed by atoms with Crippen LogP contribution >= 0.6 is 7.26 Å². The monoisotopic (exact) mass is 428 g/mol. The predicted molar refractivity (Wildman–Crippen MR) is 130 cm³/mol. The van der Waals surface area contributed by atoms with Crippen molar-refractivity contribution in [3.05, 3.63) is 121 Å². The molecular formula is C27H25O3P. The molecule has 0 aliphatic carbocycles. The van der Waals surface area contributed by atoms with E-state index in [0.29, 0.717) is 5.75 Å². The molecule has 0 bridgehead atoms. The molecular weight excluding hydrogens is 403 g/mol. The van der Waals surface area contributed by atoms with Crippen LogP contribution in [-0.4, -0.2) is 17.7 Å². The molecule has 0 fully saturated rings. The maximum atomic E-state index is 10.8. The van der Waals surface area contributed by atoms with Crippen molar-refractivity contribution in [1.82, 2.24) is 0 Å². The first-order chi connectivity index (χ1) is 15.2. The van der Waals surface area contributed by atoms with Crippen molar-refractivity contribution < 1.29 is 14.6 Å². The molecule has 4 aromatic carbocycles. The van der Waals surface area contributed by atoms with E-state index in [2.05, 4.69) is 91.0 Å². The number of hydrogen-bond donors (Lipinski definition) is 1. The van der Waals surface area contributed by atoms with Crippen molar-refractivity contribution in [2.45, 2.75) is 6.16 Å². The minimum atomic E-state index is -2.35. The molecule has 0 spiro atoms. The number of rotatable bonds is 8. The zero-order valence-electron chi connectivity index (χ0n) is 17.1. The summed E-state index contributed by atoms with van der Waals surface area (Å²) < 4.78 is 5.32. The van der Waals surface area contributed by atoms with Crippen LogP contribution in [0.1, 0.15) is 5.56 Å². The van der Waals surface area contributed by atoms with Crippen LogP contribution in [0.3, 0.4) is 0 Å². The third kappa shape index (κ3) is 4.68. The van der Waals surface area contributed by atoms with Crippen molar-refractivity contribution in [2.24, 2.45) is 0 Å². The van der Waals surface area contributed by atoms with Gasteiger partial charge in [-0.15, -0.1) is 0 Å². The Hall–Kier alpha value is -3.42. The fourth-order valence-corrected chi connectivity index (χ4v) is 8.87. The number of aliphatic carboxylic acids is 1. The summed E-state index contributed by atoms with van der Waals surface area (Å²) in [5.41, 5.74) is 1.20. The molecule has 0 aliphatic heterocycles. The van der Waals surface area contributed by atoms with Gasteiger partial charge in [0.1, 0.15) is 0 Å². The molecule has 0 amide bonds. The first-order valence-electron chi connectivity index (χ1n) is 10.3. The molecule has 4 aromatic rings. The van der Waals surface area contributed by atoms with Gasteiger partial charge in [-0.1, -0.05) is 0 Å². The number of carboxylic acids is 1. The number of ether oxygens (including phenoxy) is 1. The molecule has 1 N–H and O–H groups in total. The Morgan fingerprint density at radius 1 is 0.645 bits per heavy atom. The molecule has 4 heteroatoms. The van der Waals surface area contributed by atoms with Gasteiger partial charge in [-0.2, -0.15) is 0 Å². The van der Waals surface area contributed by atoms with E-state index >= 15 is 0 Å². The first kappa shape index (κ1) is 20.8. The normalized spacial score (nSPS) is 11.6. The van der Waals surface area contributed by atoms with Gasteiger partial charge >= 0.3 is 183 Å². The van der Waals surface area contributed by atoms with Crippen LogP contribution in [0.2, 0.25) is 0 Å². The molecule has 0 saturated heterocycles. The molecule has 0 heterocycles. The van der Waals surface area contributed by atoms with E-state index in [9.17, 15) is 4.79 Å². The Kier molecular flexibility index (Phi) is 6.45. The maximum absolute atomic E-state index is 10.8. The third-order valence-electron chi connectivity index (χ3n) is 5.55. The van der Waals surface area contributed by atoms with Crippen LogP contribution in [0.15, 0.2) is 115 Å². The molecule has 156 valence electrons. The van der Waals surface area contributed by atoms with E-state index in [1.165, 1.54) is 21.5 Å². The van der Waals surface area contributed by atoms with Crippen LogP contribution in [0.4, 0.5) is 0 Å². The van der Waals surface area contributed by atoms with Gasteiger partial charge in [0, 0.05) is 0 Å². The fraction of sp³-hybridized carbons (Fsp3) is 0.0741. The van der Waals surface area contributed by atoms with Crippen LogP contribution < -0.4 is 20.7 Å². The molecule has 31 heavy (non-hydrogen) atoms. The second kappa shape index (κ2) is 9.59. The van der Waals surface area contributed by atoms with Gasteiger partial charge in [0.2, 0.25) is 0 Å². The summed E-state index contributed by atoms with van der Waals surface area (Å²) in [7, 11) is -2.35. The molecule has 0 atom stereocenters. The van der Waals surface area contributed by atoms with Gasteiger partial charge in [-0.25, -0.2) is 0 Å². The van der Waals surface area contributed by atoms with Gasteiger partial charge < -0.3 is 0 Å². The minimum absolute atomic E-state index is 0.337. The van der Waals surface area contributed by atoms with Crippen LogP contribution in [0.5, 0.6) is 5.75 Å². The van der Waals surface area contributed by atoms with E-state index < -0.39 is 13.2 Å². The fourth-order valence-electron chi connectivity index (χ4n) is 4.13. The summed E-state index contributed by atoms with van der Waals surface area (Å²) in [5.74, 6) is -0.412. The Bertz CT molecular complexity index is 1010. The quantitative estimate of drug-likeness (QED) is 0.424. The Morgan fingerprint density at radius 3 is 1.45 bits per heavy atom. The van der Waals surface area contributed by atoms with Crippen LogP contribution in [0, 0.1) is 0 Å². The van der Waals surface area contributed by atoms with Gasteiger partial charge in [-0.3, -0.25) is 0 Å². The third-order valence-corrected chi connectivity index (χ3v) is 10.5. The number of carbonyl (C=O) groups is 1. The van der Waals surface area contributed by atoms with Gasteiger partial charge in [0.15, 0.2) is 0 Å². The predicted octanol–water partition coefficient (Wildman–Crippen LogP) is 4.38.